The Balaban J connectivity index is 2.90. The summed E-state index contributed by atoms with van der Waals surface area (Å²) >= 11 is 0. The summed E-state index contributed by atoms with van der Waals surface area (Å²) in [6, 6.07) is 7.32. The average Bonchev–Trinajstić information content (AvgIpc) is 2.33. The molecule has 0 heterocycles. The van der Waals surface area contributed by atoms with E-state index in [2.05, 4.69) is 0 Å². The van der Waals surface area contributed by atoms with Gasteiger partial charge in [-0.15, -0.1) is 0 Å². The Bertz CT molecular complexity index is 498. The summed E-state index contributed by atoms with van der Waals surface area (Å²) in [4.78, 5) is 0. The maximum Gasteiger partial charge on any atom is 0.214 e. The molecule has 0 spiro atoms. The van der Waals surface area contributed by atoms with E-state index in [0.717, 1.165) is 12.0 Å². The lowest BCUT2D eigenvalue weighted by atomic mass is 10.2. The van der Waals surface area contributed by atoms with Crippen LogP contribution in [0.2, 0.25) is 0 Å². The Hall–Kier alpha value is -1.07. The van der Waals surface area contributed by atoms with Gasteiger partial charge in [0.2, 0.25) is 10.0 Å². The number of sulfonamides is 1. The number of unbranched alkanes of at least 4 members (excludes halogenated alkanes) is 1. The summed E-state index contributed by atoms with van der Waals surface area (Å²) < 4.78 is 26.2. The summed E-state index contributed by atoms with van der Waals surface area (Å²) in [5.41, 5.74) is 7.32. The van der Waals surface area contributed by atoms with Gasteiger partial charge < -0.3 is 5.73 Å². The van der Waals surface area contributed by atoms with Gasteiger partial charge in [0.1, 0.15) is 0 Å². The number of anilines is 1. The van der Waals surface area contributed by atoms with Crippen LogP contribution in [0.25, 0.3) is 0 Å². The van der Waals surface area contributed by atoms with Crippen LogP contribution in [0.15, 0.2) is 24.3 Å². The topological polar surface area (TPSA) is 63.4 Å². The second-order valence-corrected chi connectivity index (χ2v) is 7.09. The van der Waals surface area contributed by atoms with E-state index in [-0.39, 0.29) is 11.8 Å². The fraction of sp³-hybridized carbons (Fsp3) is 0.571. The third-order valence-electron chi connectivity index (χ3n) is 2.98. The Morgan fingerprint density at radius 1 is 1.32 bits per heavy atom. The van der Waals surface area contributed by atoms with E-state index < -0.39 is 10.0 Å². The van der Waals surface area contributed by atoms with Crippen molar-refractivity contribution in [3.8, 4) is 0 Å². The molecular formula is C14H24N2O2S. The van der Waals surface area contributed by atoms with Gasteiger partial charge in [-0.1, -0.05) is 25.5 Å². The van der Waals surface area contributed by atoms with Crippen LogP contribution >= 0.6 is 0 Å². The van der Waals surface area contributed by atoms with Crippen LogP contribution in [0.1, 0.15) is 39.2 Å². The highest BCUT2D eigenvalue weighted by atomic mass is 32.2. The smallest absolute Gasteiger partial charge is 0.214 e. The SMILES string of the molecule is CCCCS(=O)(=O)N(Cc1cccc(N)c1)C(C)C. The highest BCUT2D eigenvalue weighted by molar-refractivity contribution is 7.89. The molecule has 0 unspecified atom stereocenters. The van der Waals surface area contributed by atoms with Crippen molar-refractivity contribution < 1.29 is 8.42 Å². The lowest BCUT2D eigenvalue weighted by Crippen LogP contribution is -2.37. The predicted octanol–water partition coefficient (Wildman–Crippen LogP) is 2.61. The van der Waals surface area contributed by atoms with Crippen molar-refractivity contribution in [1.29, 1.82) is 0 Å². The predicted molar refractivity (Wildman–Crippen MR) is 80.2 cm³/mol. The maximum atomic E-state index is 12.3. The van der Waals surface area contributed by atoms with E-state index in [1.165, 1.54) is 0 Å². The molecule has 5 heteroatoms. The van der Waals surface area contributed by atoms with Crippen molar-refractivity contribution in [2.24, 2.45) is 0 Å². The first-order chi connectivity index (χ1) is 8.86. The average molecular weight is 284 g/mol. The van der Waals surface area contributed by atoms with E-state index in [4.69, 9.17) is 5.73 Å². The molecule has 0 saturated heterocycles. The van der Waals surface area contributed by atoms with Crippen molar-refractivity contribution >= 4 is 15.7 Å². The number of benzene rings is 1. The van der Waals surface area contributed by atoms with Crippen LogP contribution in [-0.2, 0) is 16.6 Å². The molecule has 0 saturated carbocycles. The van der Waals surface area contributed by atoms with Gasteiger partial charge in [-0.05, 0) is 38.0 Å². The lowest BCUT2D eigenvalue weighted by Gasteiger charge is -2.26. The molecule has 0 aliphatic heterocycles. The molecule has 1 aromatic rings. The molecule has 19 heavy (non-hydrogen) atoms. The standard InChI is InChI=1S/C14H24N2O2S/c1-4-5-9-19(17,18)16(12(2)3)11-13-7-6-8-14(15)10-13/h6-8,10,12H,4-5,9,11,15H2,1-3H3. The molecular weight excluding hydrogens is 260 g/mol. The molecule has 108 valence electrons. The molecule has 0 bridgehead atoms. The molecule has 0 radical (unpaired) electrons. The van der Waals surface area contributed by atoms with Gasteiger partial charge in [0.15, 0.2) is 0 Å². The van der Waals surface area contributed by atoms with E-state index in [1.807, 2.05) is 39.0 Å². The third kappa shape index (κ3) is 4.84. The van der Waals surface area contributed by atoms with Crippen LogP contribution in [0.3, 0.4) is 0 Å². The normalized spacial score (nSPS) is 12.3. The van der Waals surface area contributed by atoms with Gasteiger partial charge in [-0.25, -0.2) is 8.42 Å². The molecule has 4 nitrogen and oxygen atoms in total. The zero-order valence-corrected chi connectivity index (χ0v) is 12.8. The Labute approximate surface area is 116 Å². The van der Waals surface area contributed by atoms with Gasteiger partial charge in [0.05, 0.1) is 5.75 Å². The number of nitrogen functional groups attached to an aromatic ring is 1. The summed E-state index contributed by atoms with van der Waals surface area (Å²) in [6.45, 7) is 6.17. The Morgan fingerprint density at radius 3 is 2.53 bits per heavy atom. The molecule has 0 amide bonds. The van der Waals surface area contributed by atoms with Gasteiger partial charge in [-0.3, -0.25) is 0 Å². The summed E-state index contributed by atoms with van der Waals surface area (Å²) in [5, 5.41) is 0. The maximum absolute atomic E-state index is 12.3. The van der Waals surface area contributed by atoms with Crippen LogP contribution in [0.5, 0.6) is 0 Å². The van der Waals surface area contributed by atoms with Gasteiger partial charge in [0, 0.05) is 18.3 Å². The number of nitrogens with zero attached hydrogens (tertiary/aromatic N) is 1. The molecule has 1 rings (SSSR count). The van der Waals surface area contributed by atoms with Crippen LogP contribution in [0.4, 0.5) is 5.69 Å². The minimum atomic E-state index is -3.20. The van der Waals surface area contributed by atoms with Gasteiger partial charge in [0.25, 0.3) is 0 Å². The zero-order chi connectivity index (χ0) is 14.5. The first kappa shape index (κ1) is 16.0. The number of rotatable bonds is 7. The third-order valence-corrected chi connectivity index (χ3v) is 5.05. The zero-order valence-electron chi connectivity index (χ0n) is 12.0. The summed E-state index contributed by atoms with van der Waals surface area (Å²) in [7, 11) is -3.20. The first-order valence-corrected chi connectivity index (χ1v) is 8.31. The molecule has 0 aromatic heterocycles. The second-order valence-electron chi connectivity index (χ2n) is 5.05. The number of hydrogen-bond acceptors (Lipinski definition) is 3. The Kier molecular flexibility index (Phi) is 5.82. The highest BCUT2D eigenvalue weighted by Crippen LogP contribution is 2.16. The second kappa shape index (κ2) is 6.91. The summed E-state index contributed by atoms with van der Waals surface area (Å²) in [6.07, 6.45) is 1.58. The van der Waals surface area contributed by atoms with E-state index in [9.17, 15) is 8.42 Å². The minimum Gasteiger partial charge on any atom is -0.399 e. The minimum absolute atomic E-state index is 0.0525. The van der Waals surface area contributed by atoms with Crippen molar-refractivity contribution in [2.45, 2.75) is 46.2 Å². The monoisotopic (exact) mass is 284 g/mol. The van der Waals surface area contributed by atoms with Crippen molar-refractivity contribution in [3.63, 3.8) is 0 Å². The lowest BCUT2D eigenvalue weighted by molar-refractivity contribution is 0.347. The van der Waals surface area contributed by atoms with E-state index in [0.29, 0.717) is 18.7 Å². The largest absolute Gasteiger partial charge is 0.399 e. The molecule has 0 aliphatic rings. The van der Waals surface area contributed by atoms with Crippen LogP contribution in [-0.4, -0.2) is 24.5 Å². The molecule has 0 atom stereocenters. The Morgan fingerprint density at radius 2 is 2.00 bits per heavy atom. The molecule has 2 N–H and O–H groups in total. The highest BCUT2D eigenvalue weighted by Gasteiger charge is 2.24. The molecule has 1 aromatic carbocycles. The van der Waals surface area contributed by atoms with Crippen LogP contribution in [0, 0.1) is 0 Å². The van der Waals surface area contributed by atoms with E-state index in [1.54, 1.807) is 10.4 Å². The summed E-state index contributed by atoms with van der Waals surface area (Å²) in [5.74, 6) is 0.212. The fourth-order valence-corrected chi connectivity index (χ4v) is 3.79. The molecule has 0 fully saturated rings. The van der Waals surface area contributed by atoms with Crippen LogP contribution < -0.4 is 5.73 Å². The van der Waals surface area contributed by atoms with Gasteiger partial charge >= 0.3 is 0 Å². The van der Waals surface area contributed by atoms with Gasteiger partial charge in [-0.2, -0.15) is 4.31 Å². The fourth-order valence-electron chi connectivity index (χ4n) is 1.92. The van der Waals surface area contributed by atoms with Crippen molar-refractivity contribution in [3.05, 3.63) is 29.8 Å². The quantitative estimate of drug-likeness (QED) is 0.783. The molecule has 0 aliphatic carbocycles. The number of hydrogen-bond donors (Lipinski definition) is 1. The number of nitrogens with two attached hydrogens (primary N) is 1. The van der Waals surface area contributed by atoms with E-state index >= 15 is 0 Å². The first-order valence-electron chi connectivity index (χ1n) is 6.70. The van der Waals surface area contributed by atoms with Crippen molar-refractivity contribution in [2.75, 3.05) is 11.5 Å². The van der Waals surface area contributed by atoms with Crippen molar-refractivity contribution in [1.82, 2.24) is 4.31 Å².